The van der Waals surface area contributed by atoms with Crippen LogP contribution in [0.4, 0.5) is 14.5 Å². The number of sulfonamides is 1. The summed E-state index contributed by atoms with van der Waals surface area (Å²) in [5, 5.41) is 2.28. The molecule has 1 aliphatic rings. The Morgan fingerprint density at radius 2 is 1.72 bits per heavy atom. The van der Waals surface area contributed by atoms with Crippen LogP contribution in [0.2, 0.25) is 0 Å². The maximum atomic E-state index is 14.3. The number of amides is 1. The van der Waals surface area contributed by atoms with Gasteiger partial charge in [0.25, 0.3) is 5.91 Å². The van der Waals surface area contributed by atoms with Crippen LogP contribution in [0.25, 0.3) is 0 Å². The molecule has 1 aliphatic heterocycles. The van der Waals surface area contributed by atoms with Gasteiger partial charge < -0.3 is 5.32 Å². The van der Waals surface area contributed by atoms with Crippen molar-refractivity contribution in [3.05, 3.63) is 58.1 Å². The van der Waals surface area contributed by atoms with E-state index >= 15 is 0 Å². The largest absolute Gasteiger partial charge is 0.319 e. The molecular weight excluding hydrogens is 466 g/mol. The lowest BCUT2D eigenvalue weighted by Gasteiger charge is -2.34. The molecule has 5 nitrogen and oxygen atoms in total. The van der Waals surface area contributed by atoms with Crippen molar-refractivity contribution in [3.8, 4) is 0 Å². The van der Waals surface area contributed by atoms with Gasteiger partial charge >= 0.3 is 0 Å². The van der Waals surface area contributed by atoms with Crippen LogP contribution in [0.15, 0.2) is 45.8 Å². The van der Waals surface area contributed by atoms with E-state index in [0.29, 0.717) is 17.6 Å². The fourth-order valence-corrected chi connectivity index (χ4v) is 5.61. The first-order valence-corrected chi connectivity index (χ1v) is 11.4. The van der Waals surface area contributed by atoms with Crippen LogP contribution in [0, 0.1) is 23.5 Å². The number of benzene rings is 2. The molecule has 0 radical (unpaired) electrons. The Morgan fingerprint density at radius 1 is 1.07 bits per heavy atom. The van der Waals surface area contributed by atoms with Gasteiger partial charge in [-0.15, -0.1) is 0 Å². The number of piperidine rings is 1. The van der Waals surface area contributed by atoms with Crippen molar-refractivity contribution < 1.29 is 22.0 Å². The average Bonchev–Trinajstić information content (AvgIpc) is 2.63. The second-order valence-electron chi connectivity index (χ2n) is 7.49. The van der Waals surface area contributed by atoms with E-state index in [1.807, 2.05) is 13.8 Å². The summed E-state index contributed by atoms with van der Waals surface area (Å²) in [5.74, 6) is -2.11. The van der Waals surface area contributed by atoms with Gasteiger partial charge in [-0.3, -0.25) is 4.79 Å². The first-order chi connectivity index (χ1) is 13.6. The van der Waals surface area contributed by atoms with Gasteiger partial charge in [0.15, 0.2) is 0 Å². The Morgan fingerprint density at radius 3 is 2.34 bits per heavy atom. The zero-order chi connectivity index (χ0) is 21.3. The molecule has 0 aliphatic carbocycles. The van der Waals surface area contributed by atoms with Gasteiger partial charge in [0.1, 0.15) is 11.6 Å². The third-order valence-electron chi connectivity index (χ3n) is 4.83. The molecule has 0 unspecified atom stereocenters. The third-order valence-corrected chi connectivity index (χ3v) is 7.16. The van der Waals surface area contributed by atoms with Crippen LogP contribution in [0.5, 0.6) is 0 Å². The van der Waals surface area contributed by atoms with E-state index in [0.717, 1.165) is 30.7 Å². The van der Waals surface area contributed by atoms with Gasteiger partial charge in [0.05, 0.1) is 16.1 Å². The van der Waals surface area contributed by atoms with Crippen molar-refractivity contribution >= 4 is 37.5 Å². The van der Waals surface area contributed by atoms with Crippen LogP contribution in [-0.2, 0) is 10.0 Å². The first kappa shape index (κ1) is 21.9. The molecule has 0 spiro atoms. The number of anilines is 1. The van der Waals surface area contributed by atoms with E-state index in [2.05, 4.69) is 21.2 Å². The second kappa shape index (κ2) is 8.49. The van der Waals surface area contributed by atoms with Crippen LogP contribution >= 0.6 is 15.9 Å². The molecule has 0 aromatic heterocycles. The molecule has 2 aromatic rings. The van der Waals surface area contributed by atoms with E-state index in [4.69, 9.17) is 0 Å². The minimum atomic E-state index is -3.88. The standard InChI is InChI=1S/C20H21BrF2N2O3S/c1-12-7-13(2)11-25(10-12)29(27,28)15-4-5-17(22)16(9-15)20(26)24-19-6-3-14(21)8-18(19)23/h3-6,8-9,12-13H,7,10-11H2,1-2H3,(H,24,26)/t12-,13-/m0/s1. The summed E-state index contributed by atoms with van der Waals surface area (Å²) in [6.07, 6.45) is 0.932. The van der Waals surface area contributed by atoms with E-state index < -0.39 is 33.1 Å². The van der Waals surface area contributed by atoms with Gasteiger partial charge in [0, 0.05) is 17.6 Å². The summed E-state index contributed by atoms with van der Waals surface area (Å²) in [4.78, 5) is 12.3. The molecule has 1 heterocycles. The smallest absolute Gasteiger partial charge is 0.258 e. The number of halogens is 3. The molecule has 9 heteroatoms. The molecule has 156 valence electrons. The highest BCUT2D eigenvalue weighted by molar-refractivity contribution is 9.10. The Hall–Kier alpha value is -1.84. The van der Waals surface area contributed by atoms with Gasteiger partial charge in [-0.1, -0.05) is 29.8 Å². The number of hydrogen-bond donors (Lipinski definition) is 1. The summed E-state index contributed by atoms with van der Waals surface area (Å²) in [6.45, 7) is 4.70. The maximum absolute atomic E-state index is 14.3. The fraction of sp³-hybridized carbons (Fsp3) is 0.350. The highest BCUT2D eigenvalue weighted by Crippen LogP contribution is 2.28. The SMILES string of the molecule is C[C@H]1C[C@H](C)CN(S(=O)(=O)c2ccc(F)c(C(=O)Nc3ccc(Br)cc3F)c2)C1. The first-order valence-electron chi connectivity index (χ1n) is 9.14. The van der Waals surface area contributed by atoms with Crippen LogP contribution < -0.4 is 5.32 Å². The Balaban J connectivity index is 1.90. The van der Waals surface area contributed by atoms with Crippen molar-refractivity contribution in [1.82, 2.24) is 4.31 Å². The van der Waals surface area contributed by atoms with Gasteiger partial charge in [-0.05, 0) is 54.7 Å². The zero-order valence-electron chi connectivity index (χ0n) is 16.0. The summed E-state index contributed by atoms with van der Waals surface area (Å²) in [7, 11) is -3.88. The molecule has 1 saturated heterocycles. The number of nitrogens with one attached hydrogen (secondary N) is 1. The lowest BCUT2D eigenvalue weighted by Crippen LogP contribution is -2.42. The highest BCUT2D eigenvalue weighted by Gasteiger charge is 2.32. The summed E-state index contributed by atoms with van der Waals surface area (Å²) >= 11 is 3.11. The summed E-state index contributed by atoms with van der Waals surface area (Å²) < 4.78 is 56.1. The molecular formula is C20H21BrF2N2O3S. The van der Waals surface area contributed by atoms with Gasteiger partial charge in [0.2, 0.25) is 10.0 Å². The second-order valence-corrected chi connectivity index (χ2v) is 10.3. The molecule has 2 aromatic carbocycles. The number of carbonyl (C=O) groups is 1. The Labute approximate surface area is 177 Å². The van der Waals surface area contributed by atoms with E-state index in [-0.39, 0.29) is 22.4 Å². The van der Waals surface area contributed by atoms with Gasteiger partial charge in [-0.25, -0.2) is 17.2 Å². The third kappa shape index (κ3) is 4.84. The Kier molecular flexibility index (Phi) is 6.40. The Bertz CT molecular complexity index is 1040. The summed E-state index contributed by atoms with van der Waals surface area (Å²) in [5.41, 5.74) is -0.601. The van der Waals surface area contributed by atoms with Gasteiger partial charge in [-0.2, -0.15) is 4.31 Å². The van der Waals surface area contributed by atoms with Crippen molar-refractivity contribution in [3.63, 3.8) is 0 Å². The van der Waals surface area contributed by atoms with E-state index in [1.165, 1.54) is 16.4 Å². The predicted molar refractivity (Wildman–Crippen MR) is 110 cm³/mol. The van der Waals surface area contributed by atoms with Crippen molar-refractivity contribution in [2.75, 3.05) is 18.4 Å². The molecule has 0 saturated carbocycles. The van der Waals surface area contributed by atoms with Crippen LogP contribution in [0.1, 0.15) is 30.6 Å². The fourth-order valence-electron chi connectivity index (χ4n) is 3.57. The quantitative estimate of drug-likeness (QED) is 0.683. The maximum Gasteiger partial charge on any atom is 0.258 e. The van der Waals surface area contributed by atoms with E-state index in [1.54, 1.807) is 0 Å². The number of carbonyl (C=O) groups excluding carboxylic acids is 1. The zero-order valence-corrected chi connectivity index (χ0v) is 18.4. The lowest BCUT2D eigenvalue weighted by atomic mass is 9.94. The van der Waals surface area contributed by atoms with Crippen molar-refractivity contribution in [1.29, 1.82) is 0 Å². The minimum absolute atomic E-state index is 0.135. The molecule has 3 rings (SSSR count). The summed E-state index contributed by atoms with van der Waals surface area (Å²) in [6, 6.07) is 7.09. The average molecular weight is 487 g/mol. The lowest BCUT2D eigenvalue weighted by molar-refractivity contribution is 0.102. The van der Waals surface area contributed by atoms with Crippen LogP contribution in [-0.4, -0.2) is 31.7 Å². The molecule has 1 N–H and O–H groups in total. The molecule has 2 atom stereocenters. The molecule has 1 amide bonds. The minimum Gasteiger partial charge on any atom is -0.319 e. The topological polar surface area (TPSA) is 66.5 Å². The van der Waals surface area contributed by atoms with Crippen LogP contribution in [0.3, 0.4) is 0 Å². The van der Waals surface area contributed by atoms with Crippen molar-refractivity contribution in [2.45, 2.75) is 25.2 Å². The molecule has 0 bridgehead atoms. The highest BCUT2D eigenvalue weighted by atomic mass is 79.9. The van der Waals surface area contributed by atoms with E-state index in [9.17, 15) is 22.0 Å². The molecule has 1 fully saturated rings. The monoisotopic (exact) mass is 486 g/mol. The molecule has 29 heavy (non-hydrogen) atoms. The van der Waals surface area contributed by atoms with Crippen molar-refractivity contribution in [2.24, 2.45) is 11.8 Å². The normalized spacial score (nSPS) is 20.4. The number of nitrogens with zero attached hydrogens (tertiary/aromatic N) is 1. The number of hydrogen-bond acceptors (Lipinski definition) is 3. The predicted octanol–water partition coefficient (Wildman–Crippen LogP) is 4.65. The number of rotatable bonds is 4.